The third-order valence-corrected chi connectivity index (χ3v) is 5.38. The summed E-state index contributed by atoms with van der Waals surface area (Å²) in [4.78, 5) is 0. The predicted octanol–water partition coefficient (Wildman–Crippen LogP) is 5.21. The average Bonchev–Trinajstić information content (AvgIpc) is 3.18. The lowest BCUT2D eigenvalue weighted by Gasteiger charge is -2.12. The van der Waals surface area contributed by atoms with E-state index in [1.807, 2.05) is 42.5 Å². The summed E-state index contributed by atoms with van der Waals surface area (Å²) in [5.41, 5.74) is 5.62. The molecule has 3 aromatic rings. The van der Waals surface area contributed by atoms with Crippen molar-refractivity contribution in [2.45, 2.75) is 24.7 Å². The zero-order valence-electron chi connectivity index (χ0n) is 16.8. The number of benzene rings is 3. The first kappa shape index (κ1) is 20.3. The SMILES string of the molecule is OC[C@H]1O[C@@H](c2ccc(C=Cc3ccc(C=Cc4ccccc4)cc3)cc2)C[C@H]1O. The first-order valence-electron chi connectivity index (χ1n) is 10.3. The van der Waals surface area contributed by atoms with Gasteiger partial charge in [-0.2, -0.15) is 0 Å². The molecule has 0 amide bonds. The monoisotopic (exact) mass is 398 g/mol. The summed E-state index contributed by atoms with van der Waals surface area (Å²) < 4.78 is 5.71. The summed E-state index contributed by atoms with van der Waals surface area (Å²) >= 11 is 0. The second-order valence-electron chi connectivity index (χ2n) is 7.56. The predicted molar refractivity (Wildman–Crippen MR) is 123 cm³/mol. The van der Waals surface area contributed by atoms with Crippen molar-refractivity contribution in [3.8, 4) is 0 Å². The van der Waals surface area contributed by atoms with Crippen LogP contribution in [0, 0.1) is 0 Å². The molecule has 0 aliphatic carbocycles. The first-order valence-corrected chi connectivity index (χ1v) is 10.3. The molecule has 0 aromatic heterocycles. The van der Waals surface area contributed by atoms with Crippen LogP contribution in [0.3, 0.4) is 0 Å². The highest BCUT2D eigenvalue weighted by Crippen LogP contribution is 2.33. The zero-order chi connectivity index (χ0) is 20.8. The summed E-state index contributed by atoms with van der Waals surface area (Å²) in [6, 6.07) is 26.9. The normalized spacial score (nSPS) is 21.6. The van der Waals surface area contributed by atoms with E-state index in [4.69, 9.17) is 4.74 Å². The van der Waals surface area contributed by atoms with Crippen LogP contribution in [0.25, 0.3) is 24.3 Å². The van der Waals surface area contributed by atoms with Crippen molar-refractivity contribution in [3.05, 3.63) is 107 Å². The largest absolute Gasteiger partial charge is 0.394 e. The molecule has 3 aromatic carbocycles. The fourth-order valence-corrected chi connectivity index (χ4v) is 3.60. The van der Waals surface area contributed by atoms with E-state index >= 15 is 0 Å². The molecule has 1 saturated heterocycles. The van der Waals surface area contributed by atoms with Crippen LogP contribution < -0.4 is 0 Å². The maximum Gasteiger partial charge on any atom is 0.107 e. The fourth-order valence-electron chi connectivity index (χ4n) is 3.60. The molecular weight excluding hydrogens is 372 g/mol. The van der Waals surface area contributed by atoms with Crippen molar-refractivity contribution in [3.63, 3.8) is 0 Å². The van der Waals surface area contributed by atoms with Crippen LogP contribution in [0.1, 0.15) is 40.3 Å². The van der Waals surface area contributed by atoms with E-state index in [-0.39, 0.29) is 12.7 Å². The lowest BCUT2D eigenvalue weighted by atomic mass is 10.0. The molecule has 0 unspecified atom stereocenters. The minimum atomic E-state index is -0.606. The van der Waals surface area contributed by atoms with Crippen LogP contribution in [0.2, 0.25) is 0 Å². The molecule has 1 aliphatic heterocycles. The van der Waals surface area contributed by atoms with Gasteiger partial charge in [-0.05, 0) is 27.8 Å². The highest BCUT2D eigenvalue weighted by Gasteiger charge is 2.33. The molecule has 152 valence electrons. The fraction of sp³-hybridized carbons (Fsp3) is 0.185. The Hall–Kier alpha value is -2.98. The van der Waals surface area contributed by atoms with Crippen molar-refractivity contribution in [1.82, 2.24) is 0 Å². The van der Waals surface area contributed by atoms with Gasteiger partial charge in [-0.15, -0.1) is 0 Å². The van der Waals surface area contributed by atoms with Crippen LogP contribution >= 0.6 is 0 Å². The van der Waals surface area contributed by atoms with Crippen LogP contribution in [-0.2, 0) is 4.74 Å². The Morgan fingerprint density at radius 3 is 1.63 bits per heavy atom. The van der Waals surface area contributed by atoms with Gasteiger partial charge in [0.2, 0.25) is 0 Å². The Balaban J connectivity index is 1.36. The number of hydrogen-bond donors (Lipinski definition) is 2. The quantitative estimate of drug-likeness (QED) is 0.561. The smallest absolute Gasteiger partial charge is 0.107 e. The Morgan fingerprint density at radius 2 is 1.17 bits per heavy atom. The molecule has 3 atom stereocenters. The maximum absolute atomic E-state index is 9.90. The van der Waals surface area contributed by atoms with Gasteiger partial charge < -0.3 is 14.9 Å². The molecule has 3 heteroatoms. The van der Waals surface area contributed by atoms with Gasteiger partial charge in [-0.3, -0.25) is 0 Å². The van der Waals surface area contributed by atoms with Crippen LogP contribution in [0.4, 0.5) is 0 Å². The Morgan fingerprint density at radius 1 is 0.700 bits per heavy atom. The van der Waals surface area contributed by atoms with Crippen LogP contribution in [0.5, 0.6) is 0 Å². The minimum Gasteiger partial charge on any atom is -0.394 e. The molecule has 1 heterocycles. The molecule has 30 heavy (non-hydrogen) atoms. The molecule has 4 rings (SSSR count). The molecule has 1 fully saturated rings. The van der Waals surface area contributed by atoms with Gasteiger partial charge in [-0.1, -0.05) is 103 Å². The number of aliphatic hydroxyl groups excluding tert-OH is 2. The van der Waals surface area contributed by atoms with E-state index < -0.39 is 12.2 Å². The standard InChI is InChI=1S/C27H26O3/c28-19-27-25(29)18-26(30-27)24-16-14-23(15-17-24)13-12-22-10-8-21(9-11-22)7-6-20-4-2-1-3-5-20/h1-17,25-29H,18-19H2/t25-,26-,27-/m1/s1. The van der Waals surface area contributed by atoms with E-state index in [1.54, 1.807) is 0 Å². The molecule has 0 bridgehead atoms. The molecule has 0 spiro atoms. The average molecular weight is 399 g/mol. The van der Waals surface area contributed by atoms with Crippen molar-refractivity contribution in [2.75, 3.05) is 6.61 Å². The lowest BCUT2D eigenvalue weighted by molar-refractivity contribution is -0.0225. The molecule has 1 aliphatic rings. The van der Waals surface area contributed by atoms with E-state index in [9.17, 15) is 10.2 Å². The molecule has 0 saturated carbocycles. The third-order valence-electron chi connectivity index (χ3n) is 5.38. The zero-order valence-corrected chi connectivity index (χ0v) is 16.8. The van der Waals surface area contributed by atoms with E-state index in [1.165, 1.54) is 11.1 Å². The van der Waals surface area contributed by atoms with E-state index in [2.05, 4.69) is 60.7 Å². The maximum atomic E-state index is 9.90. The van der Waals surface area contributed by atoms with E-state index in [0.29, 0.717) is 6.42 Å². The Labute approximate surface area is 177 Å². The Kier molecular flexibility index (Phi) is 6.55. The van der Waals surface area contributed by atoms with Gasteiger partial charge in [0.15, 0.2) is 0 Å². The van der Waals surface area contributed by atoms with Crippen LogP contribution in [-0.4, -0.2) is 29.0 Å². The summed E-state index contributed by atoms with van der Waals surface area (Å²) in [5.74, 6) is 0. The number of ether oxygens (including phenoxy) is 1. The van der Waals surface area contributed by atoms with Gasteiger partial charge in [0, 0.05) is 6.42 Å². The summed E-state index contributed by atoms with van der Waals surface area (Å²) in [5, 5.41) is 19.1. The highest BCUT2D eigenvalue weighted by molar-refractivity contribution is 5.73. The molecular formula is C27H26O3. The Bertz CT molecular complexity index is 989. The topological polar surface area (TPSA) is 49.7 Å². The van der Waals surface area contributed by atoms with Crippen molar-refractivity contribution < 1.29 is 14.9 Å². The van der Waals surface area contributed by atoms with Gasteiger partial charge in [0.25, 0.3) is 0 Å². The molecule has 2 N–H and O–H groups in total. The molecule has 3 nitrogen and oxygen atoms in total. The summed E-state index contributed by atoms with van der Waals surface area (Å²) in [6.07, 6.45) is 7.67. The second kappa shape index (κ2) is 9.68. The van der Waals surface area contributed by atoms with Crippen molar-refractivity contribution in [2.24, 2.45) is 0 Å². The highest BCUT2D eigenvalue weighted by atomic mass is 16.5. The van der Waals surface area contributed by atoms with Gasteiger partial charge in [-0.25, -0.2) is 0 Å². The second-order valence-corrected chi connectivity index (χ2v) is 7.56. The first-order chi connectivity index (χ1) is 14.7. The third kappa shape index (κ3) is 5.14. The summed E-state index contributed by atoms with van der Waals surface area (Å²) in [7, 11) is 0. The number of hydrogen-bond acceptors (Lipinski definition) is 3. The molecule has 0 radical (unpaired) electrons. The van der Waals surface area contributed by atoms with Gasteiger partial charge >= 0.3 is 0 Å². The van der Waals surface area contributed by atoms with E-state index in [0.717, 1.165) is 16.7 Å². The van der Waals surface area contributed by atoms with Crippen molar-refractivity contribution >= 4 is 24.3 Å². The minimum absolute atomic E-state index is 0.153. The van der Waals surface area contributed by atoms with Crippen LogP contribution in [0.15, 0.2) is 78.9 Å². The lowest BCUT2D eigenvalue weighted by Crippen LogP contribution is -2.24. The van der Waals surface area contributed by atoms with Crippen molar-refractivity contribution in [1.29, 1.82) is 0 Å². The van der Waals surface area contributed by atoms with Gasteiger partial charge in [0.05, 0.1) is 18.8 Å². The van der Waals surface area contributed by atoms with Gasteiger partial charge in [0.1, 0.15) is 6.10 Å². The number of aliphatic hydroxyl groups is 2. The number of rotatable bonds is 6. The summed E-state index contributed by atoms with van der Waals surface area (Å²) in [6.45, 7) is -0.153.